The van der Waals surface area contributed by atoms with Crippen molar-refractivity contribution in [3.8, 4) is 0 Å². The minimum atomic E-state index is -0.490. The van der Waals surface area contributed by atoms with Crippen LogP contribution in [-0.2, 0) is 16.1 Å². The minimum absolute atomic E-state index is 0.0332. The van der Waals surface area contributed by atoms with Crippen LogP contribution >= 0.6 is 15.9 Å². The number of carbonyl (C=O) groups excluding carboxylic acids is 2. The fourth-order valence-corrected chi connectivity index (χ4v) is 2.65. The molecule has 1 atom stereocenters. The monoisotopic (exact) mass is 342 g/mol. The van der Waals surface area contributed by atoms with Crippen molar-refractivity contribution in [2.24, 2.45) is 5.92 Å². The average molecular weight is 343 g/mol. The lowest BCUT2D eigenvalue weighted by atomic mass is 10.0. The predicted octanol–water partition coefficient (Wildman–Crippen LogP) is 2.07. The van der Waals surface area contributed by atoms with E-state index in [0.717, 1.165) is 5.56 Å². The predicted molar refractivity (Wildman–Crippen MR) is 76.3 cm³/mol. The quantitative estimate of drug-likeness (QED) is 0.914. The lowest BCUT2D eigenvalue weighted by molar-refractivity contribution is -0.146. The van der Waals surface area contributed by atoms with E-state index in [4.69, 9.17) is 0 Å². The Kier molecular flexibility index (Phi) is 4.42. The number of halogens is 2. The number of piperazine rings is 1. The molecular weight excluding hydrogens is 327 g/mol. The van der Waals surface area contributed by atoms with E-state index in [2.05, 4.69) is 21.2 Å². The highest BCUT2D eigenvalue weighted by atomic mass is 79.9. The summed E-state index contributed by atoms with van der Waals surface area (Å²) in [7, 11) is 0. The Hall–Kier alpha value is -1.43. The van der Waals surface area contributed by atoms with Crippen LogP contribution in [0.3, 0.4) is 0 Å². The van der Waals surface area contributed by atoms with E-state index < -0.39 is 6.04 Å². The lowest BCUT2D eigenvalue weighted by Gasteiger charge is -2.34. The first-order valence-electron chi connectivity index (χ1n) is 6.40. The van der Waals surface area contributed by atoms with E-state index in [0.29, 0.717) is 4.47 Å². The van der Waals surface area contributed by atoms with Crippen LogP contribution in [0.1, 0.15) is 19.4 Å². The van der Waals surface area contributed by atoms with Crippen molar-refractivity contribution in [2.75, 3.05) is 6.54 Å². The zero-order valence-electron chi connectivity index (χ0n) is 11.3. The van der Waals surface area contributed by atoms with Crippen molar-refractivity contribution >= 4 is 27.7 Å². The van der Waals surface area contributed by atoms with Crippen LogP contribution in [-0.4, -0.2) is 29.3 Å². The van der Waals surface area contributed by atoms with Crippen LogP contribution in [0.2, 0.25) is 0 Å². The molecule has 4 nitrogen and oxygen atoms in total. The van der Waals surface area contributed by atoms with Gasteiger partial charge in [-0.05, 0) is 23.6 Å². The highest BCUT2D eigenvalue weighted by Gasteiger charge is 2.34. The molecule has 0 aliphatic carbocycles. The Morgan fingerprint density at radius 2 is 2.15 bits per heavy atom. The summed E-state index contributed by atoms with van der Waals surface area (Å²) < 4.78 is 13.7. The molecule has 0 saturated carbocycles. The molecule has 0 bridgehead atoms. The van der Waals surface area contributed by atoms with E-state index in [1.54, 1.807) is 6.07 Å². The summed E-state index contributed by atoms with van der Waals surface area (Å²) in [4.78, 5) is 25.5. The topological polar surface area (TPSA) is 49.4 Å². The molecule has 6 heteroatoms. The standard InChI is InChI=1S/C14H16BrFN2O2/c1-8(2)13-14(20)18(7-12(19)17-13)6-9-3-4-10(16)5-11(9)15/h3-5,8,13H,6-7H2,1-2H3,(H,17,19). The van der Waals surface area contributed by atoms with Gasteiger partial charge >= 0.3 is 0 Å². The third-order valence-electron chi connectivity index (χ3n) is 3.27. The molecule has 2 rings (SSSR count). The molecule has 108 valence electrons. The van der Waals surface area contributed by atoms with Gasteiger partial charge < -0.3 is 10.2 Å². The molecule has 0 radical (unpaired) electrons. The third kappa shape index (κ3) is 3.17. The number of amides is 2. The Balaban J connectivity index is 2.19. The van der Waals surface area contributed by atoms with Crippen molar-refractivity contribution in [2.45, 2.75) is 26.4 Å². The maximum absolute atomic E-state index is 13.1. The number of carbonyl (C=O) groups is 2. The maximum Gasteiger partial charge on any atom is 0.246 e. The van der Waals surface area contributed by atoms with Crippen LogP contribution < -0.4 is 5.32 Å². The van der Waals surface area contributed by atoms with Crippen molar-refractivity contribution in [3.05, 3.63) is 34.1 Å². The number of nitrogens with one attached hydrogen (secondary N) is 1. The van der Waals surface area contributed by atoms with Gasteiger partial charge in [0.1, 0.15) is 11.9 Å². The molecule has 1 aliphatic rings. The molecule has 0 aromatic heterocycles. The zero-order valence-corrected chi connectivity index (χ0v) is 12.9. The summed E-state index contributed by atoms with van der Waals surface area (Å²) >= 11 is 3.27. The molecule has 1 aromatic carbocycles. The second-order valence-electron chi connectivity index (χ2n) is 5.22. The first kappa shape index (κ1) is 15.0. The number of benzene rings is 1. The molecule has 2 amide bonds. The van der Waals surface area contributed by atoms with E-state index >= 15 is 0 Å². The largest absolute Gasteiger partial charge is 0.343 e. The number of rotatable bonds is 3. The van der Waals surface area contributed by atoms with E-state index in [1.807, 2.05) is 13.8 Å². The Labute approximate surface area is 125 Å². The van der Waals surface area contributed by atoms with Crippen LogP contribution in [0.5, 0.6) is 0 Å². The van der Waals surface area contributed by atoms with Gasteiger partial charge in [0.15, 0.2) is 0 Å². The van der Waals surface area contributed by atoms with Crippen molar-refractivity contribution < 1.29 is 14.0 Å². The van der Waals surface area contributed by atoms with Crippen molar-refractivity contribution in [1.82, 2.24) is 10.2 Å². The van der Waals surface area contributed by atoms with Gasteiger partial charge in [0.05, 0.1) is 6.54 Å². The van der Waals surface area contributed by atoms with Gasteiger partial charge in [-0.25, -0.2) is 4.39 Å². The lowest BCUT2D eigenvalue weighted by Crippen LogP contribution is -2.59. The van der Waals surface area contributed by atoms with E-state index in [1.165, 1.54) is 17.0 Å². The molecule has 1 N–H and O–H groups in total. The van der Waals surface area contributed by atoms with E-state index in [9.17, 15) is 14.0 Å². The summed E-state index contributed by atoms with van der Waals surface area (Å²) in [6.07, 6.45) is 0. The average Bonchev–Trinajstić information content (AvgIpc) is 2.36. The number of hydrogen-bond donors (Lipinski definition) is 1. The molecule has 1 saturated heterocycles. The third-order valence-corrected chi connectivity index (χ3v) is 4.01. The van der Waals surface area contributed by atoms with Crippen LogP contribution in [0.15, 0.2) is 22.7 Å². The fraction of sp³-hybridized carbons (Fsp3) is 0.429. The van der Waals surface area contributed by atoms with Crippen LogP contribution in [0, 0.1) is 11.7 Å². The minimum Gasteiger partial charge on any atom is -0.343 e. The van der Waals surface area contributed by atoms with Crippen LogP contribution in [0.25, 0.3) is 0 Å². The number of hydrogen-bond acceptors (Lipinski definition) is 2. The van der Waals surface area contributed by atoms with Gasteiger partial charge in [0.25, 0.3) is 0 Å². The zero-order chi connectivity index (χ0) is 14.9. The molecule has 0 spiro atoms. The molecule has 1 heterocycles. The van der Waals surface area contributed by atoms with Gasteiger partial charge in [0, 0.05) is 11.0 Å². The first-order valence-corrected chi connectivity index (χ1v) is 7.20. The van der Waals surface area contributed by atoms with E-state index in [-0.39, 0.29) is 36.6 Å². The Bertz CT molecular complexity index is 548. The molecule has 20 heavy (non-hydrogen) atoms. The first-order chi connectivity index (χ1) is 9.38. The SMILES string of the molecule is CC(C)C1NC(=O)CN(Cc2ccc(F)cc2Br)C1=O. The molecule has 1 aromatic rings. The molecule has 1 aliphatic heterocycles. The Morgan fingerprint density at radius 1 is 1.45 bits per heavy atom. The van der Waals surface area contributed by atoms with Crippen molar-refractivity contribution in [3.63, 3.8) is 0 Å². The molecule has 1 unspecified atom stereocenters. The maximum atomic E-state index is 13.1. The summed E-state index contributed by atoms with van der Waals surface area (Å²) in [6, 6.07) is 3.82. The summed E-state index contributed by atoms with van der Waals surface area (Å²) in [5.41, 5.74) is 0.775. The van der Waals surface area contributed by atoms with Gasteiger partial charge in [-0.2, -0.15) is 0 Å². The van der Waals surface area contributed by atoms with Crippen molar-refractivity contribution in [1.29, 1.82) is 0 Å². The second kappa shape index (κ2) is 5.91. The summed E-state index contributed by atoms with van der Waals surface area (Å²) in [5, 5.41) is 2.70. The van der Waals surface area contributed by atoms with Gasteiger partial charge in [-0.1, -0.05) is 35.8 Å². The summed E-state index contributed by atoms with van der Waals surface area (Å²) in [5.74, 6) is -0.577. The highest BCUT2D eigenvalue weighted by molar-refractivity contribution is 9.10. The van der Waals surface area contributed by atoms with Crippen LogP contribution in [0.4, 0.5) is 4.39 Å². The van der Waals surface area contributed by atoms with Gasteiger partial charge in [0.2, 0.25) is 11.8 Å². The Morgan fingerprint density at radius 3 is 2.75 bits per heavy atom. The molecule has 1 fully saturated rings. The summed E-state index contributed by atoms with van der Waals surface area (Å²) in [6.45, 7) is 4.10. The number of nitrogens with zero attached hydrogens (tertiary/aromatic N) is 1. The second-order valence-corrected chi connectivity index (χ2v) is 6.07. The fourth-order valence-electron chi connectivity index (χ4n) is 2.17. The van der Waals surface area contributed by atoms with Gasteiger partial charge in [-0.3, -0.25) is 9.59 Å². The smallest absolute Gasteiger partial charge is 0.246 e. The van der Waals surface area contributed by atoms with Gasteiger partial charge in [-0.15, -0.1) is 0 Å². The highest BCUT2D eigenvalue weighted by Crippen LogP contribution is 2.21. The normalized spacial score (nSPS) is 19.4. The molecular formula is C14H16BrFN2O2.